The van der Waals surface area contributed by atoms with E-state index in [9.17, 15) is 0 Å². The fourth-order valence-corrected chi connectivity index (χ4v) is 2.30. The molecule has 0 atom stereocenters. The first-order valence-electron chi connectivity index (χ1n) is 5.48. The van der Waals surface area contributed by atoms with Crippen LogP contribution in [0.1, 0.15) is 6.42 Å². The van der Waals surface area contributed by atoms with E-state index in [0.717, 1.165) is 23.7 Å². The van der Waals surface area contributed by atoms with Gasteiger partial charge >= 0.3 is 0 Å². The highest BCUT2D eigenvalue weighted by Crippen LogP contribution is 2.26. The third kappa shape index (κ3) is 6.17. The molecule has 0 fully saturated rings. The van der Waals surface area contributed by atoms with E-state index < -0.39 is 0 Å². The zero-order valence-electron chi connectivity index (χ0n) is 9.95. The van der Waals surface area contributed by atoms with Gasteiger partial charge in [-0.1, -0.05) is 11.6 Å². The van der Waals surface area contributed by atoms with Gasteiger partial charge in [-0.25, -0.2) is 0 Å². The third-order valence-electron chi connectivity index (χ3n) is 2.11. The summed E-state index contributed by atoms with van der Waals surface area (Å²) in [7, 11) is 1.67. The number of nitrogens with two attached hydrogens (primary N) is 1. The Morgan fingerprint density at radius 3 is 2.82 bits per heavy atom. The van der Waals surface area contributed by atoms with Gasteiger partial charge < -0.3 is 15.2 Å². The molecule has 0 saturated carbocycles. The van der Waals surface area contributed by atoms with Crippen LogP contribution in [0.2, 0.25) is 5.02 Å². The zero-order valence-corrected chi connectivity index (χ0v) is 11.5. The van der Waals surface area contributed by atoms with Crippen molar-refractivity contribution in [3.8, 4) is 0 Å². The SMILES string of the molecule is COCCOCCCSc1ccc(N)c(Cl)c1. The number of anilines is 1. The summed E-state index contributed by atoms with van der Waals surface area (Å²) in [5.41, 5.74) is 6.26. The fourth-order valence-electron chi connectivity index (χ4n) is 1.19. The predicted molar refractivity (Wildman–Crippen MR) is 73.9 cm³/mol. The first kappa shape index (κ1) is 14.6. The van der Waals surface area contributed by atoms with E-state index >= 15 is 0 Å². The minimum Gasteiger partial charge on any atom is -0.398 e. The lowest BCUT2D eigenvalue weighted by atomic mass is 10.3. The minimum atomic E-state index is 0.617. The maximum Gasteiger partial charge on any atom is 0.0700 e. The maximum absolute atomic E-state index is 5.93. The van der Waals surface area contributed by atoms with Crippen LogP contribution in [-0.4, -0.2) is 32.7 Å². The highest BCUT2D eigenvalue weighted by Gasteiger charge is 1.99. The Morgan fingerprint density at radius 1 is 1.29 bits per heavy atom. The second-order valence-corrected chi connectivity index (χ2v) is 5.07. The molecule has 17 heavy (non-hydrogen) atoms. The van der Waals surface area contributed by atoms with E-state index in [4.69, 9.17) is 26.8 Å². The molecule has 0 aliphatic carbocycles. The summed E-state index contributed by atoms with van der Waals surface area (Å²) >= 11 is 7.69. The Bertz CT molecular complexity index is 336. The van der Waals surface area contributed by atoms with Gasteiger partial charge in [0.05, 0.1) is 23.9 Å². The van der Waals surface area contributed by atoms with E-state index in [1.54, 1.807) is 18.9 Å². The van der Waals surface area contributed by atoms with Crippen molar-refractivity contribution in [2.75, 3.05) is 38.4 Å². The Hall–Kier alpha value is -0.420. The summed E-state index contributed by atoms with van der Waals surface area (Å²) in [4.78, 5) is 1.14. The molecule has 0 heterocycles. The summed E-state index contributed by atoms with van der Waals surface area (Å²) in [6.07, 6.45) is 1.01. The van der Waals surface area contributed by atoms with Gasteiger partial charge in [-0.3, -0.25) is 0 Å². The van der Waals surface area contributed by atoms with Crippen LogP contribution in [0.5, 0.6) is 0 Å². The van der Waals surface area contributed by atoms with Crippen molar-refractivity contribution < 1.29 is 9.47 Å². The van der Waals surface area contributed by atoms with Crippen LogP contribution in [0, 0.1) is 0 Å². The molecule has 1 rings (SSSR count). The first-order valence-corrected chi connectivity index (χ1v) is 6.85. The number of nitrogen functional groups attached to an aromatic ring is 1. The Labute approximate surface area is 112 Å². The standard InChI is InChI=1S/C12H18ClNO2S/c1-15-6-7-16-5-2-8-17-10-3-4-12(14)11(13)9-10/h3-4,9H,2,5-8,14H2,1H3. The lowest BCUT2D eigenvalue weighted by molar-refractivity contribution is 0.0713. The number of thioether (sulfide) groups is 1. The van der Waals surface area contributed by atoms with Crippen molar-refractivity contribution in [3.63, 3.8) is 0 Å². The molecule has 0 aliphatic heterocycles. The molecule has 96 valence electrons. The van der Waals surface area contributed by atoms with Gasteiger partial charge in [-0.15, -0.1) is 11.8 Å². The van der Waals surface area contributed by atoms with Crippen molar-refractivity contribution in [2.45, 2.75) is 11.3 Å². The number of benzene rings is 1. The van der Waals surface area contributed by atoms with Crippen LogP contribution in [0.4, 0.5) is 5.69 Å². The predicted octanol–water partition coefficient (Wildman–Crippen LogP) is 3.07. The van der Waals surface area contributed by atoms with E-state index in [1.807, 2.05) is 18.2 Å². The molecule has 1 aromatic rings. The van der Waals surface area contributed by atoms with Gasteiger partial charge in [0.25, 0.3) is 0 Å². The third-order valence-corrected chi connectivity index (χ3v) is 3.51. The molecule has 0 spiro atoms. The molecule has 0 radical (unpaired) electrons. The highest BCUT2D eigenvalue weighted by atomic mass is 35.5. The number of methoxy groups -OCH3 is 1. The topological polar surface area (TPSA) is 44.5 Å². The van der Waals surface area contributed by atoms with Gasteiger partial charge in [0.15, 0.2) is 0 Å². The van der Waals surface area contributed by atoms with E-state index in [1.165, 1.54) is 0 Å². The highest BCUT2D eigenvalue weighted by molar-refractivity contribution is 7.99. The zero-order chi connectivity index (χ0) is 12.5. The quantitative estimate of drug-likeness (QED) is 0.450. The monoisotopic (exact) mass is 275 g/mol. The summed E-state index contributed by atoms with van der Waals surface area (Å²) in [5.74, 6) is 1.01. The summed E-state index contributed by atoms with van der Waals surface area (Å²) in [6.45, 7) is 2.08. The summed E-state index contributed by atoms with van der Waals surface area (Å²) < 4.78 is 10.3. The molecule has 0 amide bonds. The van der Waals surface area contributed by atoms with Crippen molar-refractivity contribution in [1.82, 2.24) is 0 Å². The molecule has 3 nitrogen and oxygen atoms in total. The van der Waals surface area contributed by atoms with Crippen LogP contribution < -0.4 is 5.73 Å². The van der Waals surface area contributed by atoms with Gasteiger partial charge in [0, 0.05) is 24.4 Å². The number of hydrogen-bond acceptors (Lipinski definition) is 4. The van der Waals surface area contributed by atoms with Crippen molar-refractivity contribution >= 4 is 29.1 Å². The molecule has 5 heteroatoms. The lowest BCUT2D eigenvalue weighted by Gasteiger charge is -2.05. The second kappa shape index (κ2) is 8.64. The summed E-state index contributed by atoms with van der Waals surface area (Å²) in [6, 6.07) is 5.71. The van der Waals surface area contributed by atoms with Crippen LogP contribution in [-0.2, 0) is 9.47 Å². The maximum atomic E-state index is 5.93. The summed E-state index contributed by atoms with van der Waals surface area (Å²) in [5, 5.41) is 0.617. The van der Waals surface area contributed by atoms with Crippen molar-refractivity contribution in [2.24, 2.45) is 0 Å². The smallest absolute Gasteiger partial charge is 0.0700 e. The average molecular weight is 276 g/mol. The van der Waals surface area contributed by atoms with Crippen molar-refractivity contribution in [3.05, 3.63) is 23.2 Å². The van der Waals surface area contributed by atoms with E-state index in [2.05, 4.69) is 0 Å². The molecule has 1 aromatic carbocycles. The van der Waals surface area contributed by atoms with Crippen LogP contribution >= 0.6 is 23.4 Å². The molecular formula is C12H18ClNO2S. The molecular weight excluding hydrogens is 258 g/mol. The normalized spacial score (nSPS) is 10.7. The minimum absolute atomic E-state index is 0.617. The number of halogens is 1. The first-order chi connectivity index (χ1) is 8.24. The molecule has 2 N–H and O–H groups in total. The fraction of sp³-hybridized carbons (Fsp3) is 0.500. The lowest BCUT2D eigenvalue weighted by Crippen LogP contribution is -2.03. The van der Waals surface area contributed by atoms with Crippen LogP contribution in [0.3, 0.4) is 0 Å². The van der Waals surface area contributed by atoms with E-state index in [0.29, 0.717) is 23.9 Å². The molecule has 0 aliphatic rings. The largest absolute Gasteiger partial charge is 0.398 e. The van der Waals surface area contributed by atoms with Gasteiger partial charge in [0.2, 0.25) is 0 Å². The molecule has 0 aromatic heterocycles. The number of ether oxygens (including phenoxy) is 2. The number of hydrogen-bond donors (Lipinski definition) is 1. The molecule has 0 saturated heterocycles. The Morgan fingerprint density at radius 2 is 2.12 bits per heavy atom. The number of rotatable bonds is 8. The van der Waals surface area contributed by atoms with Crippen LogP contribution in [0.15, 0.2) is 23.1 Å². The Kier molecular flexibility index (Phi) is 7.44. The van der Waals surface area contributed by atoms with Crippen LogP contribution in [0.25, 0.3) is 0 Å². The van der Waals surface area contributed by atoms with Crippen molar-refractivity contribution in [1.29, 1.82) is 0 Å². The molecule has 0 unspecified atom stereocenters. The van der Waals surface area contributed by atoms with Gasteiger partial charge in [-0.05, 0) is 24.6 Å². The van der Waals surface area contributed by atoms with Gasteiger partial charge in [0.1, 0.15) is 0 Å². The Balaban J connectivity index is 2.11. The average Bonchev–Trinajstić information content (AvgIpc) is 2.32. The van der Waals surface area contributed by atoms with E-state index in [-0.39, 0.29) is 0 Å². The van der Waals surface area contributed by atoms with Gasteiger partial charge in [-0.2, -0.15) is 0 Å². The molecule has 0 bridgehead atoms. The second-order valence-electron chi connectivity index (χ2n) is 3.49.